The maximum absolute atomic E-state index is 11.8. The molecule has 0 saturated carbocycles. The van der Waals surface area contributed by atoms with E-state index in [-0.39, 0.29) is 5.91 Å². The Kier molecular flexibility index (Phi) is 5.01. The topological polar surface area (TPSA) is 41.5 Å². The van der Waals surface area contributed by atoms with E-state index in [1.165, 1.54) is 6.21 Å². The van der Waals surface area contributed by atoms with E-state index in [1.54, 1.807) is 42.5 Å². The number of carbonyl (C=O) groups is 1. The molecule has 0 radical (unpaired) electrons. The highest BCUT2D eigenvalue weighted by Crippen LogP contribution is 2.21. The highest BCUT2D eigenvalue weighted by atomic mass is 35.5. The van der Waals surface area contributed by atoms with Crippen LogP contribution in [0.3, 0.4) is 0 Å². The van der Waals surface area contributed by atoms with Gasteiger partial charge in [0.1, 0.15) is 0 Å². The second kappa shape index (κ2) is 6.75. The van der Waals surface area contributed by atoms with E-state index in [0.717, 1.165) is 5.56 Å². The molecule has 6 heteroatoms. The number of benzene rings is 2. The fraction of sp³-hybridized carbons (Fsp3) is 0. The molecule has 0 spiro atoms. The van der Waals surface area contributed by atoms with Crippen molar-refractivity contribution in [2.24, 2.45) is 5.10 Å². The van der Waals surface area contributed by atoms with Crippen LogP contribution in [0.4, 0.5) is 0 Å². The molecule has 0 aromatic heterocycles. The Morgan fingerprint density at radius 1 is 1.00 bits per heavy atom. The van der Waals surface area contributed by atoms with Crippen molar-refractivity contribution in [3.63, 3.8) is 0 Å². The van der Waals surface area contributed by atoms with Gasteiger partial charge in [-0.3, -0.25) is 4.79 Å². The van der Waals surface area contributed by atoms with E-state index in [9.17, 15) is 4.79 Å². The Bertz CT molecular complexity index is 654. The number of hydrogen-bond donors (Lipinski definition) is 1. The summed E-state index contributed by atoms with van der Waals surface area (Å²) in [4.78, 5) is 11.8. The van der Waals surface area contributed by atoms with E-state index in [2.05, 4.69) is 10.5 Å². The molecule has 0 aliphatic rings. The van der Waals surface area contributed by atoms with Crippen LogP contribution < -0.4 is 5.43 Å². The van der Waals surface area contributed by atoms with Crippen molar-refractivity contribution in [1.29, 1.82) is 0 Å². The van der Waals surface area contributed by atoms with Gasteiger partial charge >= 0.3 is 0 Å². The quantitative estimate of drug-likeness (QED) is 0.658. The number of nitrogens with one attached hydrogen (secondary N) is 1. The average molecular weight is 328 g/mol. The lowest BCUT2D eigenvalue weighted by Crippen LogP contribution is -2.17. The molecule has 0 fully saturated rings. The summed E-state index contributed by atoms with van der Waals surface area (Å²) in [7, 11) is 0. The van der Waals surface area contributed by atoms with Gasteiger partial charge < -0.3 is 0 Å². The minimum Gasteiger partial charge on any atom is -0.267 e. The van der Waals surface area contributed by atoms with Gasteiger partial charge in [-0.25, -0.2) is 5.43 Å². The summed E-state index contributed by atoms with van der Waals surface area (Å²) >= 11 is 17.4. The molecule has 3 nitrogen and oxygen atoms in total. The number of hydrazone groups is 1. The first-order valence-corrected chi connectivity index (χ1v) is 6.73. The Balaban J connectivity index is 2.00. The third kappa shape index (κ3) is 3.97. The molecule has 20 heavy (non-hydrogen) atoms. The lowest BCUT2D eigenvalue weighted by molar-refractivity contribution is 0.0955. The summed E-state index contributed by atoms with van der Waals surface area (Å²) in [5.74, 6) is -0.321. The van der Waals surface area contributed by atoms with Crippen LogP contribution in [0, 0.1) is 0 Å². The fourth-order valence-electron chi connectivity index (χ4n) is 1.42. The standard InChI is InChI=1S/C14H9Cl3N2O/c15-11-4-2-10(3-5-11)14(20)19-18-8-9-1-6-12(16)13(17)7-9/h1-8H,(H,19,20)/b18-8+. The van der Waals surface area contributed by atoms with Gasteiger partial charge in [-0.05, 0) is 42.0 Å². The van der Waals surface area contributed by atoms with E-state index >= 15 is 0 Å². The van der Waals surface area contributed by atoms with Crippen molar-refractivity contribution in [1.82, 2.24) is 5.43 Å². The Morgan fingerprint density at radius 2 is 1.70 bits per heavy atom. The number of hydrogen-bond acceptors (Lipinski definition) is 2. The molecule has 0 aliphatic heterocycles. The number of nitrogens with zero attached hydrogens (tertiary/aromatic N) is 1. The average Bonchev–Trinajstić information content (AvgIpc) is 2.43. The van der Waals surface area contributed by atoms with Crippen LogP contribution in [-0.4, -0.2) is 12.1 Å². The first-order valence-electron chi connectivity index (χ1n) is 5.60. The zero-order valence-electron chi connectivity index (χ0n) is 10.1. The molecule has 0 atom stereocenters. The van der Waals surface area contributed by atoms with Crippen molar-refractivity contribution >= 4 is 46.9 Å². The van der Waals surface area contributed by atoms with E-state index < -0.39 is 0 Å². The first-order chi connectivity index (χ1) is 9.56. The summed E-state index contributed by atoms with van der Waals surface area (Å²) in [6.45, 7) is 0. The van der Waals surface area contributed by atoms with Gasteiger partial charge in [0.25, 0.3) is 5.91 Å². The number of rotatable bonds is 3. The molecule has 2 aromatic carbocycles. The lowest BCUT2D eigenvalue weighted by atomic mass is 10.2. The minimum absolute atomic E-state index is 0.321. The molecule has 0 heterocycles. The Hall–Kier alpha value is -1.55. The summed E-state index contributed by atoms with van der Waals surface area (Å²) in [6.07, 6.45) is 1.48. The van der Waals surface area contributed by atoms with E-state index in [4.69, 9.17) is 34.8 Å². The minimum atomic E-state index is -0.321. The van der Waals surface area contributed by atoms with Crippen molar-refractivity contribution in [2.75, 3.05) is 0 Å². The van der Waals surface area contributed by atoms with Crippen LogP contribution >= 0.6 is 34.8 Å². The number of halogens is 3. The predicted molar refractivity (Wildman–Crippen MR) is 83.0 cm³/mol. The molecule has 0 aliphatic carbocycles. The summed E-state index contributed by atoms with van der Waals surface area (Å²) in [5.41, 5.74) is 3.62. The molecule has 0 saturated heterocycles. The van der Waals surface area contributed by atoms with Crippen molar-refractivity contribution in [2.45, 2.75) is 0 Å². The van der Waals surface area contributed by atoms with Gasteiger partial charge in [-0.2, -0.15) is 5.10 Å². The Morgan fingerprint density at radius 3 is 2.35 bits per heavy atom. The second-order valence-electron chi connectivity index (χ2n) is 3.88. The molecule has 1 N–H and O–H groups in total. The van der Waals surface area contributed by atoms with Crippen LogP contribution in [0.25, 0.3) is 0 Å². The van der Waals surface area contributed by atoms with Crippen LogP contribution in [0.15, 0.2) is 47.6 Å². The molecule has 0 bridgehead atoms. The normalized spacial score (nSPS) is 10.8. The highest BCUT2D eigenvalue weighted by molar-refractivity contribution is 6.42. The zero-order valence-corrected chi connectivity index (χ0v) is 12.4. The number of carbonyl (C=O) groups excluding carboxylic acids is 1. The monoisotopic (exact) mass is 326 g/mol. The van der Waals surface area contributed by atoms with Gasteiger partial charge in [-0.1, -0.05) is 40.9 Å². The van der Waals surface area contributed by atoms with Crippen LogP contribution in [0.2, 0.25) is 15.1 Å². The maximum atomic E-state index is 11.8. The van der Waals surface area contributed by atoms with Crippen LogP contribution in [0.5, 0.6) is 0 Å². The molecule has 2 aromatic rings. The smallest absolute Gasteiger partial charge is 0.267 e. The largest absolute Gasteiger partial charge is 0.271 e. The van der Waals surface area contributed by atoms with Gasteiger partial charge in [-0.15, -0.1) is 0 Å². The van der Waals surface area contributed by atoms with Gasteiger partial charge in [0, 0.05) is 10.6 Å². The van der Waals surface area contributed by atoms with Crippen LogP contribution in [0.1, 0.15) is 15.9 Å². The fourth-order valence-corrected chi connectivity index (χ4v) is 1.86. The summed E-state index contributed by atoms with van der Waals surface area (Å²) in [5, 5.41) is 5.32. The zero-order chi connectivity index (χ0) is 14.5. The van der Waals surface area contributed by atoms with E-state index in [1.807, 2.05) is 0 Å². The third-order valence-corrected chi connectivity index (χ3v) is 3.42. The number of amides is 1. The van der Waals surface area contributed by atoms with Crippen molar-refractivity contribution in [3.05, 3.63) is 68.7 Å². The molecule has 2 rings (SSSR count). The molecule has 0 unspecified atom stereocenters. The Labute approximate surface area is 131 Å². The SMILES string of the molecule is O=C(N/N=C/c1ccc(Cl)c(Cl)c1)c1ccc(Cl)cc1. The van der Waals surface area contributed by atoms with Gasteiger partial charge in [0.2, 0.25) is 0 Å². The third-order valence-electron chi connectivity index (χ3n) is 2.43. The van der Waals surface area contributed by atoms with Crippen LogP contribution in [-0.2, 0) is 0 Å². The maximum Gasteiger partial charge on any atom is 0.271 e. The van der Waals surface area contributed by atoms with Crippen molar-refractivity contribution in [3.8, 4) is 0 Å². The summed E-state index contributed by atoms with van der Waals surface area (Å²) in [6, 6.07) is 11.6. The highest BCUT2D eigenvalue weighted by Gasteiger charge is 2.03. The van der Waals surface area contributed by atoms with Gasteiger partial charge in [0.05, 0.1) is 16.3 Å². The predicted octanol–water partition coefficient (Wildman–Crippen LogP) is 4.41. The summed E-state index contributed by atoms with van der Waals surface area (Å²) < 4.78 is 0. The molecule has 1 amide bonds. The van der Waals surface area contributed by atoms with E-state index in [0.29, 0.717) is 20.6 Å². The first kappa shape index (κ1) is 14.9. The molecule has 102 valence electrons. The van der Waals surface area contributed by atoms with Crippen molar-refractivity contribution < 1.29 is 4.79 Å². The van der Waals surface area contributed by atoms with Gasteiger partial charge in [0.15, 0.2) is 0 Å². The lowest BCUT2D eigenvalue weighted by Gasteiger charge is -2.00. The molecular formula is C14H9Cl3N2O. The second-order valence-corrected chi connectivity index (χ2v) is 5.13. The molecular weight excluding hydrogens is 319 g/mol.